The van der Waals surface area contributed by atoms with E-state index in [1.165, 1.54) is 6.07 Å². The number of carbonyl (C=O) groups is 1. The predicted molar refractivity (Wildman–Crippen MR) is 73.1 cm³/mol. The van der Waals surface area contributed by atoms with Crippen molar-refractivity contribution in [2.45, 2.75) is 24.8 Å². The second-order valence-corrected chi connectivity index (χ2v) is 6.00. The first-order valence-electron chi connectivity index (χ1n) is 6.29. The lowest BCUT2D eigenvalue weighted by molar-refractivity contribution is -0.121. The lowest BCUT2D eigenvalue weighted by Gasteiger charge is -2.31. The van der Waals surface area contributed by atoms with E-state index in [2.05, 4.69) is 11.4 Å². The van der Waals surface area contributed by atoms with Crippen LogP contribution in [0.4, 0.5) is 8.78 Å². The molecule has 1 aliphatic rings. The Bertz CT molecular complexity index is 551. The minimum atomic E-state index is -0.973. The molecule has 1 N–H and O–H groups in total. The summed E-state index contributed by atoms with van der Waals surface area (Å²) in [6.45, 7) is 0. The smallest absolute Gasteiger partial charge is 0.225 e. The molecule has 1 fully saturated rings. The third-order valence-electron chi connectivity index (χ3n) is 3.29. The summed E-state index contributed by atoms with van der Waals surface area (Å²) in [4.78, 5) is 12.0. The van der Waals surface area contributed by atoms with Crippen molar-refractivity contribution in [1.82, 2.24) is 5.32 Å². The Kier molecular flexibility index (Phi) is 4.61. The molecule has 20 heavy (non-hydrogen) atoms. The minimum absolute atomic E-state index is 0.0617. The van der Waals surface area contributed by atoms with Crippen LogP contribution in [0.1, 0.15) is 18.4 Å². The van der Waals surface area contributed by atoms with Gasteiger partial charge in [0, 0.05) is 0 Å². The maximum absolute atomic E-state index is 13.1. The quantitative estimate of drug-likeness (QED) is 0.932. The number of halogens is 2. The molecule has 1 aromatic rings. The van der Waals surface area contributed by atoms with Crippen molar-refractivity contribution in [1.29, 1.82) is 5.26 Å². The highest BCUT2D eigenvalue weighted by molar-refractivity contribution is 7.99. The fourth-order valence-corrected chi connectivity index (χ4v) is 3.32. The van der Waals surface area contributed by atoms with E-state index in [-0.39, 0.29) is 12.3 Å². The van der Waals surface area contributed by atoms with Gasteiger partial charge in [-0.2, -0.15) is 17.0 Å². The highest BCUT2D eigenvalue weighted by Crippen LogP contribution is 2.26. The molecule has 0 atom stereocenters. The van der Waals surface area contributed by atoms with Crippen LogP contribution < -0.4 is 5.32 Å². The molecule has 0 bridgehead atoms. The largest absolute Gasteiger partial charge is 0.337 e. The van der Waals surface area contributed by atoms with Crippen LogP contribution in [0.5, 0.6) is 0 Å². The molecular weight excluding hydrogens is 282 g/mol. The summed E-state index contributed by atoms with van der Waals surface area (Å²) in [5.74, 6) is -0.589. The standard InChI is InChI=1S/C14H14F2N2OS/c15-11-2-1-10(7-12(11)16)8-13(19)18-14(9-17)3-5-20-6-4-14/h1-2,7H,3-6,8H2,(H,18,19). The molecule has 2 rings (SSSR count). The lowest BCUT2D eigenvalue weighted by Crippen LogP contribution is -2.50. The zero-order chi connectivity index (χ0) is 14.6. The molecule has 1 heterocycles. The van der Waals surface area contributed by atoms with Crippen molar-refractivity contribution in [2.75, 3.05) is 11.5 Å². The Morgan fingerprint density at radius 2 is 2.05 bits per heavy atom. The van der Waals surface area contributed by atoms with Crippen LogP contribution >= 0.6 is 11.8 Å². The minimum Gasteiger partial charge on any atom is -0.337 e. The summed E-state index contributed by atoms with van der Waals surface area (Å²) in [5.41, 5.74) is -0.430. The van der Waals surface area contributed by atoms with E-state index in [4.69, 9.17) is 0 Å². The molecule has 0 aliphatic carbocycles. The number of nitriles is 1. The van der Waals surface area contributed by atoms with Crippen LogP contribution in [0.2, 0.25) is 0 Å². The second-order valence-electron chi connectivity index (χ2n) is 4.78. The molecule has 0 radical (unpaired) electrons. The van der Waals surface area contributed by atoms with Gasteiger partial charge >= 0.3 is 0 Å². The van der Waals surface area contributed by atoms with Crippen LogP contribution in [0.3, 0.4) is 0 Å². The van der Waals surface area contributed by atoms with Gasteiger partial charge in [-0.15, -0.1) is 0 Å². The molecule has 106 valence electrons. The summed E-state index contributed by atoms with van der Waals surface area (Å²) in [7, 11) is 0. The number of nitrogens with zero attached hydrogens (tertiary/aromatic N) is 1. The van der Waals surface area contributed by atoms with Gasteiger partial charge in [-0.3, -0.25) is 4.79 Å². The number of rotatable bonds is 3. The first kappa shape index (κ1) is 14.8. The average molecular weight is 296 g/mol. The van der Waals surface area contributed by atoms with Crippen molar-refractivity contribution in [2.24, 2.45) is 0 Å². The lowest BCUT2D eigenvalue weighted by atomic mass is 9.93. The van der Waals surface area contributed by atoms with E-state index >= 15 is 0 Å². The first-order chi connectivity index (χ1) is 9.54. The molecule has 0 aromatic heterocycles. The van der Waals surface area contributed by atoms with Gasteiger partial charge in [0.25, 0.3) is 0 Å². The van der Waals surface area contributed by atoms with Crippen molar-refractivity contribution in [3.63, 3.8) is 0 Å². The fraction of sp³-hybridized carbons (Fsp3) is 0.429. The summed E-state index contributed by atoms with van der Waals surface area (Å²) < 4.78 is 25.9. The SMILES string of the molecule is N#CC1(NC(=O)Cc2ccc(F)c(F)c2)CCSCC1. The highest BCUT2D eigenvalue weighted by atomic mass is 32.2. The molecule has 6 heteroatoms. The molecular formula is C14H14F2N2OS. The Balaban J connectivity index is 2.01. The van der Waals surface area contributed by atoms with Crippen LogP contribution in [0.25, 0.3) is 0 Å². The molecule has 1 saturated heterocycles. The van der Waals surface area contributed by atoms with Crippen molar-refractivity contribution >= 4 is 17.7 Å². The first-order valence-corrected chi connectivity index (χ1v) is 7.44. The Morgan fingerprint density at radius 3 is 2.65 bits per heavy atom. The van der Waals surface area contributed by atoms with Crippen molar-refractivity contribution in [3.8, 4) is 6.07 Å². The maximum Gasteiger partial charge on any atom is 0.225 e. The zero-order valence-corrected chi connectivity index (χ0v) is 11.6. The summed E-state index contributed by atoms with van der Waals surface area (Å²) >= 11 is 1.75. The Morgan fingerprint density at radius 1 is 1.35 bits per heavy atom. The van der Waals surface area contributed by atoms with Gasteiger partial charge in [0.1, 0.15) is 5.54 Å². The number of hydrogen-bond donors (Lipinski definition) is 1. The monoisotopic (exact) mass is 296 g/mol. The molecule has 1 amide bonds. The number of amides is 1. The van der Waals surface area contributed by atoms with Gasteiger partial charge in [0.2, 0.25) is 5.91 Å². The van der Waals surface area contributed by atoms with Crippen LogP contribution in [-0.2, 0) is 11.2 Å². The van der Waals surface area contributed by atoms with Gasteiger partial charge in [0.15, 0.2) is 11.6 Å². The van der Waals surface area contributed by atoms with Gasteiger partial charge in [-0.05, 0) is 42.0 Å². The fourth-order valence-electron chi connectivity index (χ4n) is 2.13. The Hall–Kier alpha value is -1.61. The summed E-state index contributed by atoms with van der Waals surface area (Å²) in [5, 5.41) is 12.0. The topological polar surface area (TPSA) is 52.9 Å². The van der Waals surface area contributed by atoms with E-state index in [1.807, 2.05) is 0 Å². The number of benzene rings is 1. The molecule has 1 aromatic carbocycles. The number of carbonyl (C=O) groups excluding carboxylic acids is 1. The van der Waals surface area contributed by atoms with E-state index in [9.17, 15) is 18.8 Å². The number of hydrogen-bond acceptors (Lipinski definition) is 3. The van der Waals surface area contributed by atoms with E-state index in [0.29, 0.717) is 18.4 Å². The summed E-state index contributed by atoms with van der Waals surface area (Å²) in [6.07, 6.45) is 1.16. The normalized spacial score (nSPS) is 17.2. The molecule has 0 spiro atoms. The molecule has 3 nitrogen and oxygen atoms in total. The molecule has 1 aliphatic heterocycles. The number of nitrogens with one attached hydrogen (secondary N) is 1. The molecule has 0 saturated carbocycles. The Labute approximate surface area is 120 Å². The third-order valence-corrected chi connectivity index (χ3v) is 4.27. The van der Waals surface area contributed by atoms with Gasteiger partial charge < -0.3 is 5.32 Å². The van der Waals surface area contributed by atoms with E-state index < -0.39 is 17.2 Å². The highest BCUT2D eigenvalue weighted by Gasteiger charge is 2.33. The second kappa shape index (κ2) is 6.23. The van der Waals surface area contributed by atoms with Gasteiger partial charge in [-0.25, -0.2) is 8.78 Å². The van der Waals surface area contributed by atoms with Gasteiger partial charge in [-0.1, -0.05) is 6.07 Å². The predicted octanol–water partition coefficient (Wildman–Crippen LogP) is 2.41. The average Bonchev–Trinajstić information content (AvgIpc) is 2.44. The molecule has 0 unspecified atom stereocenters. The van der Waals surface area contributed by atoms with Crippen molar-refractivity contribution in [3.05, 3.63) is 35.4 Å². The zero-order valence-electron chi connectivity index (χ0n) is 10.8. The van der Waals surface area contributed by atoms with Crippen LogP contribution in [0.15, 0.2) is 18.2 Å². The van der Waals surface area contributed by atoms with Crippen molar-refractivity contribution < 1.29 is 13.6 Å². The maximum atomic E-state index is 13.1. The van der Waals surface area contributed by atoms with Gasteiger partial charge in [0.05, 0.1) is 12.5 Å². The van der Waals surface area contributed by atoms with Crippen LogP contribution in [0, 0.1) is 23.0 Å². The third kappa shape index (κ3) is 3.48. The van der Waals surface area contributed by atoms with E-state index in [0.717, 1.165) is 23.6 Å². The summed E-state index contributed by atoms with van der Waals surface area (Å²) in [6, 6.07) is 5.54. The number of thioether (sulfide) groups is 1. The van der Waals surface area contributed by atoms with Crippen LogP contribution in [-0.4, -0.2) is 23.0 Å². The van der Waals surface area contributed by atoms with E-state index in [1.54, 1.807) is 11.8 Å².